The minimum absolute atomic E-state index is 0.0240. The fraction of sp³-hybridized carbons (Fsp3) is 0.429. The first-order chi connectivity index (χ1) is 17.6. The van der Waals surface area contributed by atoms with E-state index in [1.165, 1.54) is 30.6 Å². The second-order valence-electron chi connectivity index (χ2n) is 10.4. The van der Waals surface area contributed by atoms with Crippen LogP contribution in [0.3, 0.4) is 0 Å². The van der Waals surface area contributed by atoms with E-state index in [4.69, 9.17) is 4.74 Å². The molecule has 3 aromatic rings. The third-order valence-electron chi connectivity index (χ3n) is 6.47. The summed E-state index contributed by atoms with van der Waals surface area (Å²) in [4.78, 5) is 15.2. The average molecular weight is 510 g/mol. The molecule has 37 heavy (non-hydrogen) atoms. The van der Waals surface area contributed by atoms with E-state index >= 15 is 0 Å². The number of hydrogen-bond donors (Lipinski definition) is 0. The van der Waals surface area contributed by atoms with Crippen LogP contribution in [0.1, 0.15) is 51.7 Å². The van der Waals surface area contributed by atoms with Gasteiger partial charge in [-0.15, -0.1) is 0 Å². The molecule has 3 heterocycles. The highest BCUT2D eigenvalue weighted by atomic mass is 19.1. The summed E-state index contributed by atoms with van der Waals surface area (Å²) in [5.41, 5.74) is 0.778. The Bertz CT molecular complexity index is 1250. The van der Waals surface area contributed by atoms with Crippen molar-refractivity contribution >= 4 is 12.2 Å². The summed E-state index contributed by atoms with van der Waals surface area (Å²) in [6.07, 6.45) is 9.20. The SMILES string of the molecule is CCc1cnc(N2CCC(COc3cnc(-c4ccc(/C=[N+](\[O-])C(C)(C)C)cc4F)c(F)c3)CC2)nc1. The van der Waals surface area contributed by atoms with E-state index < -0.39 is 17.2 Å². The summed E-state index contributed by atoms with van der Waals surface area (Å²) in [7, 11) is 0. The molecule has 0 radical (unpaired) electrons. The predicted octanol–water partition coefficient (Wildman–Crippen LogP) is 5.40. The quantitative estimate of drug-likeness (QED) is 0.184. The van der Waals surface area contributed by atoms with Gasteiger partial charge in [-0.2, -0.15) is 0 Å². The smallest absolute Gasteiger partial charge is 0.225 e. The van der Waals surface area contributed by atoms with E-state index in [1.54, 1.807) is 26.8 Å². The number of aryl methyl sites for hydroxylation is 1. The van der Waals surface area contributed by atoms with Crippen LogP contribution in [0, 0.1) is 22.8 Å². The highest BCUT2D eigenvalue weighted by Crippen LogP contribution is 2.28. The number of anilines is 1. The van der Waals surface area contributed by atoms with E-state index in [1.807, 2.05) is 12.4 Å². The monoisotopic (exact) mass is 509 g/mol. The standard InChI is InChI=1S/C28H33F2N5O2/c1-5-19-14-32-27(33-15-19)34-10-8-20(9-11-34)18-37-22-13-25(30)26(31-16-22)23-7-6-21(12-24(23)29)17-35(36)28(2,3)4/h6-7,12-17,20H,5,8-11,18H2,1-4H3/b35-17-. The van der Waals surface area contributed by atoms with Crippen LogP contribution in [0.4, 0.5) is 14.7 Å². The molecule has 1 fully saturated rings. The van der Waals surface area contributed by atoms with Crippen LogP contribution < -0.4 is 9.64 Å². The Hall–Kier alpha value is -3.62. The topological polar surface area (TPSA) is 77.2 Å². The minimum atomic E-state index is -0.671. The lowest BCUT2D eigenvalue weighted by Crippen LogP contribution is -2.36. The fourth-order valence-electron chi connectivity index (χ4n) is 4.04. The maximum atomic E-state index is 14.8. The minimum Gasteiger partial charge on any atom is -0.623 e. The molecule has 0 aliphatic carbocycles. The molecule has 1 aliphatic rings. The van der Waals surface area contributed by atoms with Gasteiger partial charge in [0.2, 0.25) is 5.95 Å². The lowest BCUT2D eigenvalue weighted by Gasteiger charge is -2.31. The number of hydrogen-bond acceptors (Lipinski definition) is 6. The number of rotatable bonds is 7. The Morgan fingerprint density at radius 1 is 1.05 bits per heavy atom. The first-order valence-electron chi connectivity index (χ1n) is 12.6. The third kappa shape index (κ3) is 6.58. The maximum absolute atomic E-state index is 14.8. The van der Waals surface area contributed by atoms with E-state index in [0.29, 0.717) is 23.8 Å². The van der Waals surface area contributed by atoms with E-state index in [0.717, 1.165) is 48.6 Å². The number of halogens is 2. The van der Waals surface area contributed by atoms with Crippen LogP contribution >= 0.6 is 0 Å². The van der Waals surface area contributed by atoms with E-state index in [2.05, 4.69) is 26.8 Å². The molecule has 0 N–H and O–H groups in total. The summed E-state index contributed by atoms with van der Waals surface area (Å²) < 4.78 is 36.2. The first kappa shape index (κ1) is 26.4. The van der Waals surface area contributed by atoms with Gasteiger partial charge < -0.3 is 14.8 Å². The zero-order valence-corrected chi connectivity index (χ0v) is 21.7. The molecule has 0 amide bonds. The number of ether oxygens (including phenoxy) is 1. The van der Waals surface area contributed by atoms with Crippen LogP contribution in [-0.4, -0.2) is 51.1 Å². The number of hydroxylamine groups is 1. The molecule has 1 aromatic carbocycles. The molecule has 1 aliphatic heterocycles. The lowest BCUT2D eigenvalue weighted by atomic mass is 9.98. The largest absolute Gasteiger partial charge is 0.623 e. The van der Waals surface area contributed by atoms with Gasteiger partial charge in [-0.1, -0.05) is 6.92 Å². The van der Waals surface area contributed by atoms with Crippen molar-refractivity contribution in [1.29, 1.82) is 0 Å². The lowest BCUT2D eigenvalue weighted by molar-refractivity contribution is -0.530. The van der Waals surface area contributed by atoms with Crippen molar-refractivity contribution in [2.75, 3.05) is 24.6 Å². The van der Waals surface area contributed by atoms with Gasteiger partial charge in [0.15, 0.2) is 17.6 Å². The first-order valence-corrected chi connectivity index (χ1v) is 12.6. The van der Waals surface area contributed by atoms with Crippen LogP contribution in [0.2, 0.25) is 0 Å². The van der Waals surface area contributed by atoms with Gasteiger partial charge in [0.25, 0.3) is 0 Å². The normalized spacial score (nSPS) is 15.2. The van der Waals surface area contributed by atoms with E-state index in [9.17, 15) is 14.0 Å². The van der Waals surface area contributed by atoms with Gasteiger partial charge in [0, 0.05) is 63.4 Å². The summed E-state index contributed by atoms with van der Waals surface area (Å²) in [6, 6.07) is 5.43. The zero-order valence-electron chi connectivity index (χ0n) is 21.7. The molecule has 0 unspecified atom stereocenters. The molecule has 0 saturated carbocycles. The third-order valence-corrected chi connectivity index (χ3v) is 6.47. The van der Waals surface area contributed by atoms with Crippen LogP contribution in [0.25, 0.3) is 11.3 Å². The van der Waals surface area contributed by atoms with Crippen molar-refractivity contribution < 1.29 is 18.3 Å². The summed E-state index contributed by atoms with van der Waals surface area (Å²) in [5.74, 6) is 0.0478. The highest BCUT2D eigenvalue weighted by molar-refractivity contribution is 5.77. The number of aromatic nitrogens is 3. The van der Waals surface area contributed by atoms with Gasteiger partial charge in [-0.05, 0) is 48.9 Å². The number of nitrogens with zero attached hydrogens (tertiary/aromatic N) is 5. The molecule has 2 aromatic heterocycles. The predicted molar refractivity (Wildman–Crippen MR) is 140 cm³/mol. The Balaban J connectivity index is 1.34. The molecule has 0 spiro atoms. The summed E-state index contributed by atoms with van der Waals surface area (Å²) >= 11 is 0. The number of benzene rings is 1. The van der Waals surface area contributed by atoms with Crippen molar-refractivity contribution in [2.45, 2.75) is 52.5 Å². The van der Waals surface area contributed by atoms with Gasteiger partial charge in [0.1, 0.15) is 17.3 Å². The van der Waals surface area contributed by atoms with Crippen molar-refractivity contribution in [3.8, 4) is 17.0 Å². The number of pyridine rings is 1. The molecular weight excluding hydrogens is 476 g/mol. The Morgan fingerprint density at radius 2 is 1.76 bits per heavy atom. The molecule has 0 atom stereocenters. The molecule has 0 bridgehead atoms. The molecule has 4 rings (SSSR count). The van der Waals surface area contributed by atoms with Gasteiger partial charge in [0.05, 0.1) is 12.8 Å². The zero-order chi connectivity index (χ0) is 26.6. The van der Waals surface area contributed by atoms with Crippen molar-refractivity contribution in [3.63, 3.8) is 0 Å². The second-order valence-corrected chi connectivity index (χ2v) is 10.4. The maximum Gasteiger partial charge on any atom is 0.225 e. The molecule has 196 valence electrons. The Kier molecular flexibility index (Phi) is 8.00. The van der Waals surface area contributed by atoms with Crippen molar-refractivity contribution in [3.05, 3.63) is 70.8 Å². The Morgan fingerprint density at radius 3 is 2.35 bits per heavy atom. The molecule has 1 saturated heterocycles. The van der Waals surface area contributed by atoms with Gasteiger partial charge in [-0.25, -0.2) is 28.5 Å². The van der Waals surface area contributed by atoms with Crippen LogP contribution in [0.15, 0.2) is 42.9 Å². The highest BCUT2D eigenvalue weighted by Gasteiger charge is 2.22. The van der Waals surface area contributed by atoms with Gasteiger partial charge >= 0.3 is 0 Å². The number of piperidine rings is 1. The van der Waals surface area contributed by atoms with Crippen molar-refractivity contribution in [2.24, 2.45) is 5.92 Å². The second kappa shape index (κ2) is 11.2. The van der Waals surface area contributed by atoms with Gasteiger partial charge in [-0.3, -0.25) is 0 Å². The van der Waals surface area contributed by atoms with Crippen LogP contribution in [0.5, 0.6) is 5.75 Å². The molecule has 9 heteroatoms. The molecule has 7 nitrogen and oxygen atoms in total. The average Bonchev–Trinajstić information content (AvgIpc) is 2.88. The van der Waals surface area contributed by atoms with Crippen LogP contribution in [-0.2, 0) is 6.42 Å². The Labute approximate surface area is 216 Å². The molecular formula is C28H33F2N5O2. The summed E-state index contributed by atoms with van der Waals surface area (Å²) in [5, 5.41) is 12.1. The fourth-order valence-corrected chi connectivity index (χ4v) is 4.04. The van der Waals surface area contributed by atoms with Crippen molar-refractivity contribution in [1.82, 2.24) is 15.0 Å². The van der Waals surface area contributed by atoms with E-state index in [-0.39, 0.29) is 11.3 Å². The summed E-state index contributed by atoms with van der Waals surface area (Å²) in [6.45, 7) is 9.46.